The lowest BCUT2D eigenvalue weighted by Gasteiger charge is -2.25. The van der Waals surface area contributed by atoms with Gasteiger partial charge in [-0.25, -0.2) is 0 Å². The van der Waals surface area contributed by atoms with Gasteiger partial charge in [0.1, 0.15) is 5.75 Å². The van der Waals surface area contributed by atoms with E-state index in [9.17, 15) is 20.3 Å². The molecular weight excluding hydrogens is 296 g/mol. The van der Waals surface area contributed by atoms with E-state index in [1.165, 1.54) is 18.3 Å². The molecule has 0 bridgehead atoms. The molecule has 1 rings (SSSR count). The molecule has 0 aliphatic carbocycles. The van der Waals surface area contributed by atoms with E-state index in [1.807, 2.05) is 41.5 Å². The van der Waals surface area contributed by atoms with Gasteiger partial charge in [-0.2, -0.15) is 0 Å². The first-order valence-corrected chi connectivity index (χ1v) is 7.54. The fourth-order valence-corrected chi connectivity index (χ4v) is 2.13. The van der Waals surface area contributed by atoms with Gasteiger partial charge in [-0.3, -0.25) is 15.1 Å². The van der Waals surface area contributed by atoms with Crippen LogP contribution in [-0.2, 0) is 5.41 Å². The fourth-order valence-electron chi connectivity index (χ4n) is 2.13. The van der Waals surface area contributed by atoms with Crippen LogP contribution < -0.4 is 0 Å². The Morgan fingerprint density at radius 1 is 1.26 bits per heavy atom. The predicted octanol–water partition coefficient (Wildman–Crippen LogP) is 3.42. The number of nitro benzene ring substituents is 1. The number of nitrogens with zero attached hydrogens (tertiary/aromatic N) is 2. The van der Waals surface area contributed by atoms with Crippen LogP contribution in [-0.4, -0.2) is 34.0 Å². The normalized spacial score (nSPS) is 14.2. The molecule has 0 aromatic heterocycles. The van der Waals surface area contributed by atoms with Crippen LogP contribution in [0.5, 0.6) is 5.75 Å². The number of non-ortho nitro benzene ring substituents is 1. The summed E-state index contributed by atoms with van der Waals surface area (Å²) in [6.07, 6.45) is 1.41. The zero-order valence-electron chi connectivity index (χ0n) is 14.6. The number of aliphatic hydroxyl groups is 1. The molecule has 1 atom stereocenters. The standard InChI is InChI=1S/C17H26N2O4/c1-16(2,3)13-8-12(19(22)23)7-11(15(13)21)9-18-14(10-20)17(4,5)6/h7-9,14,20-21H,10H2,1-6H3/t14-/m1/s1. The van der Waals surface area contributed by atoms with Gasteiger partial charge in [0.05, 0.1) is 17.6 Å². The Morgan fingerprint density at radius 2 is 1.83 bits per heavy atom. The number of aromatic hydroxyl groups is 1. The number of hydrogen-bond acceptors (Lipinski definition) is 5. The molecule has 2 N–H and O–H groups in total. The highest BCUT2D eigenvalue weighted by atomic mass is 16.6. The highest BCUT2D eigenvalue weighted by Gasteiger charge is 2.25. The van der Waals surface area contributed by atoms with Crippen LogP contribution in [0.2, 0.25) is 0 Å². The van der Waals surface area contributed by atoms with Crippen LogP contribution in [0.15, 0.2) is 17.1 Å². The van der Waals surface area contributed by atoms with Crippen molar-refractivity contribution in [2.24, 2.45) is 10.4 Å². The molecule has 0 heterocycles. The molecule has 0 saturated carbocycles. The van der Waals surface area contributed by atoms with E-state index in [-0.39, 0.29) is 35.1 Å². The monoisotopic (exact) mass is 322 g/mol. The van der Waals surface area contributed by atoms with Crippen LogP contribution in [0.3, 0.4) is 0 Å². The van der Waals surface area contributed by atoms with Crippen LogP contribution in [0, 0.1) is 15.5 Å². The SMILES string of the molecule is CC(C)(C)c1cc([N+](=O)[O-])cc(C=N[C@H](CO)C(C)(C)C)c1O. The van der Waals surface area contributed by atoms with E-state index in [4.69, 9.17) is 0 Å². The third-order valence-electron chi connectivity index (χ3n) is 3.71. The Kier molecular flexibility index (Phi) is 5.53. The van der Waals surface area contributed by atoms with Crippen molar-refractivity contribution in [3.63, 3.8) is 0 Å². The van der Waals surface area contributed by atoms with E-state index in [0.717, 1.165) is 0 Å². The van der Waals surface area contributed by atoms with Crippen molar-refractivity contribution in [3.05, 3.63) is 33.4 Å². The Morgan fingerprint density at radius 3 is 2.22 bits per heavy atom. The van der Waals surface area contributed by atoms with Crippen molar-refractivity contribution in [1.82, 2.24) is 0 Å². The van der Waals surface area contributed by atoms with E-state index in [1.54, 1.807) is 0 Å². The number of aliphatic imine (C=N–C) groups is 1. The second-order valence-corrected chi connectivity index (χ2v) is 7.78. The maximum atomic E-state index is 11.1. The molecule has 23 heavy (non-hydrogen) atoms. The van der Waals surface area contributed by atoms with Gasteiger partial charge in [-0.05, 0) is 10.8 Å². The van der Waals surface area contributed by atoms with Crippen molar-refractivity contribution in [2.45, 2.75) is 53.0 Å². The van der Waals surface area contributed by atoms with E-state index >= 15 is 0 Å². The molecule has 0 aliphatic heterocycles. The van der Waals surface area contributed by atoms with E-state index in [2.05, 4.69) is 4.99 Å². The number of phenolic OH excluding ortho intramolecular Hbond substituents is 1. The molecular formula is C17H26N2O4. The second kappa shape index (κ2) is 6.66. The molecule has 0 fully saturated rings. The van der Waals surface area contributed by atoms with Gasteiger partial charge in [0, 0.05) is 29.5 Å². The first kappa shape index (κ1) is 19.1. The molecule has 6 heteroatoms. The number of benzene rings is 1. The lowest BCUT2D eigenvalue weighted by atomic mass is 9.84. The van der Waals surface area contributed by atoms with Crippen LogP contribution >= 0.6 is 0 Å². The highest BCUT2D eigenvalue weighted by Crippen LogP contribution is 2.36. The highest BCUT2D eigenvalue weighted by molar-refractivity contribution is 5.86. The number of aliphatic hydroxyl groups excluding tert-OH is 1. The van der Waals surface area contributed by atoms with Crippen LogP contribution in [0.25, 0.3) is 0 Å². The first-order valence-electron chi connectivity index (χ1n) is 7.54. The fraction of sp³-hybridized carbons (Fsp3) is 0.588. The molecule has 1 aromatic carbocycles. The third-order valence-corrected chi connectivity index (χ3v) is 3.71. The maximum absolute atomic E-state index is 11.1. The molecule has 128 valence electrons. The second-order valence-electron chi connectivity index (χ2n) is 7.78. The quantitative estimate of drug-likeness (QED) is 0.504. The van der Waals surface area contributed by atoms with Gasteiger partial charge < -0.3 is 10.2 Å². The topological polar surface area (TPSA) is 96.0 Å². The van der Waals surface area contributed by atoms with Crippen molar-refractivity contribution >= 4 is 11.9 Å². The average molecular weight is 322 g/mol. The Labute approximate surface area is 137 Å². The lowest BCUT2D eigenvalue weighted by Crippen LogP contribution is -2.28. The minimum absolute atomic E-state index is 0.0163. The molecule has 1 aromatic rings. The molecule has 0 saturated heterocycles. The summed E-state index contributed by atoms with van der Waals surface area (Å²) in [6, 6.07) is 2.32. The van der Waals surface area contributed by atoms with Gasteiger partial charge in [-0.15, -0.1) is 0 Å². The molecule has 6 nitrogen and oxygen atoms in total. The lowest BCUT2D eigenvalue weighted by molar-refractivity contribution is -0.385. The number of hydrogen-bond donors (Lipinski definition) is 2. The summed E-state index contributed by atoms with van der Waals surface area (Å²) in [4.78, 5) is 15.0. The van der Waals surface area contributed by atoms with Crippen molar-refractivity contribution < 1.29 is 15.1 Å². The largest absolute Gasteiger partial charge is 0.507 e. The summed E-state index contributed by atoms with van der Waals surface area (Å²) >= 11 is 0. The molecule has 0 spiro atoms. The van der Waals surface area contributed by atoms with E-state index in [0.29, 0.717) is 5.56 Å². The van der Waals surface area contributed by atoms with Crippen LogP contribution in [0.1, 0.15) is 52.7 Å². The molecule has 0 amide bonds. The van der Waals surface area contributed by atoms with Gasteiger partial charge >= 0.3 is 0 Å². The Bertz CT molecular complexity index is 610. The van der Waals surface area contributed by atoms with E-state index < -0.39 is 10.3 Å². The summed E-state index contributed by atoms with van der Waals surface area (Å²) < 4.78 is 0. The summed E-state index contributed by atoms with van der Waals surface area (Å²) in [5, 5.41) is 31.0. The zero-order chi connectivity index (χ0) is 18.0. The molecule has 0 radical (unpaired) electrons. The predicted molar refractivity (Wildman–Crippen MR) is 91.4 cm³/mol. The van der Waals surface area contributed by atoms with Gasteiger partial charge in [0.15, 0.2) is 0 Å². The minimum atomic E-state index is -0.487. The maximum Gasteiger partial charge on any atom is 0.270 e. The summed E-state index contributed by atoms with van der Waals surface area (Å²) in [5.41, 5.74) is -0.0187. The number of phenols is 1. The summed E-state index contributed by atoms with van der Waals surface area (Å²) in [6.45, 7) is 11.3. The van der Waals surface area contributed by atoms with Gasteiger partial charge in [0.2, 0.25) is 0 Å². The Hall–Kier alpha value is -1.95. The minimum Gasteiger partial charge on any atom is -0.507 e. The van der Waals surface area contributed by atoms with Crippen molar-refractivity contribution in [2.75, 3.05) is 6.61 Å². The van der Waals surface area contributed by atoms with Crippen molar-refractivity contribution in [3.8, 4) is 5.75 Å². The third kappa shape index (κ3) is 4.76. The molecule has 0 aliphatic rings. The number of nitro groups is 1. The van der Waals surface area contributed by atoms with Crippen molar-refractivity contribution in [1.29, 1.82) is 0 Å². The van der Waals surface area contributed by atoms with Gasteiger partial charge in [-0.1, -0.05) is 41.5 Å². The molecule has 0 unspecified atom stereocenters. The first-order chi connectivity index (χ1) is 10.4. The van der Waals surface area contributed by atoms with Gasteiger partial charge in [0.25, 0.3) is 5.69 Å². The summed E-state index contributed by atoms with van der Waals surface area (Å²) in [7, 11) is 0. The average Bonchev–Trinajstić information content (AvgIpc) is 2.37. The smallest absolute Gasteiger partial charge is 0.270 e. The van der Waals surface area contributed by atoms with Crippen LogP contribution in [0.4, 0.5) is 5.69 Å². The Balaban J connectivity index is 3.41. The summed E-state index contributed by atoms with van der Waals surface area (Å²) in [5.74, 6) is -0.0163. The number of rotatable bonds is 4. The zero-order valence-corrected chi connectivity index (χ0v) is 14.6.